The number of amides is 1. The van der Waals surface area contributed by atoms with E-state index in [-0.39, 0.29) is 23.1 Å². The Bertz CT molecular complexity index is 1260. The number of halogens is 2. The van der Waals surface area contributed by atoms with Crippen LogP contribution in [0.3, 0.4) is 0 Å². The molecule has 4 aromatic rings. The molecule has 2 aromatic carbocycles. The molecule has 2 heterocycles. The summed E-state index contributed by atoms with van der Waals surface area (Å²) >= 11 is 4.43. The van der Waals surface area contributed by atoms with E-state index in [1.807, 2.05) is 0 Å². The summed E-state index contributed by atoms with van der Waals surface area (Å²) in [5.41, 5.74) is 0.798. The maximum absolute atomic E-state index is 13.3. The number of fused-ring (bicyclic) bond motifs is 1. The second kappa shape index (κ2) is 7.56. The second-order valence-electron chi connectivity index (χ2n) is 5.81. The zero-order chi connectivity index (χ0) is 19.7. The van der Waals surface area contributed by atoms with Crippen molar-refractivity contribution < 1.29 is 9.18 Å². The van der Waals surface area contributed by atoms with E-state index in [0.29, 0.717) is 21.5 Å². The van der Waals surface area contributed by atoms with E-state index in [1.165, 1.54) is 23.0 Å². The van der Waals surface area contributed by atoms with Crippen molar-refractivity contribution in [3.63, 3.8) is 0 Å². The SMILES string of the molecule is O=C(Cn1cnc2ccc(Br)cc2c1=O)Nc1nnc(-c2cccc(F)c2)s1. The molecule has 0 radical (unpaired) electrons. The van der Waals surface area contributed by atoms with E-state index in [9.17, 15) is 14.0 Å². The highest BCUT2D eigenvalue weighted by Crippen LogP contribution is 2.26. The summed E-state index contributed by atoms with van der Waals surface area (Å²) in [6.07, 6.45) is 1.33. The maximum Gasteiger partial charge on any atom is 0.261 e. The van der Waals surface area contributed by atoms with Crippen molar-refractivity contribution in [2.45, 2.75) is 6.54 Å². The molecule has 1 N–H and O–H groups in total. The molecule has 0 unspecified atom stereocenters. The number of carbonyl (C=O) groups is 1. The Hall–Kier alpha value is -2.98. The first-order valence-corrected chi connectivity index (χ1v) is 9.64. The predicted molar refractivity (Wildman–Crippen MR) is 108 cm³/mol. The summed E-state index contributed by atoms with van der Waals surface area (Å²) in [4.78, 5) is 29.1. The third kappa shape index (κ3) is 3.82. The minimum atomic E-state index is -0.444. The molecule has 0 fully saturated rings. The van der Waals surface area contributed by atoms with Gasteiger partial charge in [-0.1, -0.05) is 39.4 Å². The van der Waals surface area contributed by atoms with E-state index in [4.69, 9.17) is 0 Å². The normalized spacial score (nSPS) is 10.9. The molecule has 0 spiro atoms. The van der Waals surface area contributed by atoms with Gasteiger partial charge in [0.2, 0.25) is 11.0 Å². The molecule has 7 nitrogen and oxygen atoms in total. The maximum atomic E-state index is 13.3. The molecule has 10 heteroatoms. The lowest BCUT2D eigenvalue weighted by atomic mass is 10.2. The van der Waals surface area contributed by atoms with Crippen LogP contribution in [0.4, 0.5) is 9.52 Å². The van der Waals surface area contributed by atoms with Crippen LogP contribution < -0.4 is 10.9 Å². The number of aromatic nitrogens is 4. The summed E-state index contributed by atoms with van der Waals surface area (Å²) < 4.78 is 15.3. The van der Waals surface area contributed by atoms with Gasteiger partial charge in [0.1, 0.15) is 17.4 Å². The van der Waals surface area contributed by atoms with Gasteiger partial charge in [-0.25, -0.2) is 9.37 Å². The van der Waals surface area contributed by atoms with Crippen LogP contribution in [0.15, 0.2) is 58.1 Å². The molecule has 2 aromatic heterocycles. The van der Waals surface area contributed by atoms with Crippen molar-refractivity contribution in [2.75, 3.05) is 5.32 Å². The molecule has 0 aliphatic heterocycles. The average Bonchev–Trinajstić information content (AvgIpc) is 3.13. The third-order valence-corrected chi connectivity index (χ3v) is 5.22. The molecule has 1 amide bonds. The smallest absolute Gasteiger partial charge is 0.261 e. The summed E-state index contributed by atoms with van der Waals surface area (Å²) in [5, 5.41) is 11.6. The quantitative estimate of drug-likeness (QED) is 0.504. The number of carbonyl (C=O) groups excluding carboxylic acids is 1. The second-order valence-corrected chi connectivity index (χ2v) is 7.70. The molecule has 140 valence electrons. The summed E-state index contributed by atoms with van der Waals surface area (Å²) in [6.45, 7) is -0.219. The largest absolute Gasteiger partial charge is 0.299 e. The monoisotopic (exact) mass is 459 g/mol. The molecular weight excluding hydrogens is 449 g/mol. The Morgan fingerprint density at radius 3 is 2.89 bits per heavy atom. The molecule has 0 saturated carbocycles. The van der Waals surface area contributed by atoms with Gasteiger partial charge >= 0.3 is 0 Å². The summed E-state index contributed by atoms with van der Waals surface area (Å²) in [6, 6.07) is 11.1. The molecule has 0 saturated heterocycles. The lowest BCUT2D eigenvalue weighted by Gasteiger charge is -2.06. The standard InChI is InChI=1S/C18H11BrFN5O2S/c19-11-4-5-14-13(7-11)17(27)25(9-21-14)8-15(26)22-18-24-23-16(28-18)10-2-1-3-12(20)6-10/h1-7,9H,8H2,(H,22,24,26). The highest BCUT2D eigenvalue weighted by molar-refractivity contribution is 9.10. The van der Waals surface area contributed by atoms with Gasteiger partial charge in [-0.05, 0) is 30.3 Å². The Kier molecular flexibility index (Phi) is 4.97. The molecule has 0 bridgehead atoms. The third-order valence-electron chi connectivity index (χ3n) is 3.84. The van der Waals surface area contributed by atoms with Crippen LogP contribution in [0.5, 0.6) is 0 Å². The Morgan fingerprint density at radius 1 is 1.21 bits per heavy atom. The van der Waals surface area contributed by atoms with Crippen molar-refractivity contribution in [1.29, 1.82) is 0 Å². The zero-order valence-corrected chi connectivity index (χ0v) is 16.5. The highest BCUT2D eigenvalue weighted by Gasteiger charge is 2.12. The van der Waals surface area contributed by atoms with Crippen LogP contribution >= 0.6 is 27.3 Å². The van der Waals surface area contributed by atoms with Crippen LogP contribution in [-0.2, 0) is 11.3 Å². The van der Waals surface area contributed by atoms with Gasteiger partial charge in [0.25, 0.3) is 5.56 Å². The van der Waals surface area contributed by atoms with Crippen LogP contribution in [0, 0.1) is 5.82 Å². The highest BCUT2D eigenvalue weighted by atomic mass is 79.9. The number of nitrogens with zero attached hydrogens (tertiary/aromatic N) is 4. The van der Waals surface area contributed by atoms with Gasteiger partial charge in [0, 0.05) is 10.0 Å². The fourth-order valence-electron chi connectivity index (χ4n) is 2.57. The topological polar surface area (TPSA) is 89.8 Å². The lowest BCUT2D eigenvalue weighted by molar-refractivity contribution is -0.116. The zero-order valence-electron chi connectivity index (χ0n) is 14.1. The van der Waals surface area contributed by atoms with Crippen molar-refractivity contribution in [3.05, 3.63) is 69.4 Å². The number of anilines is 1. The number of benzene rings is 2. The summed E-state index contributed by atoms with van der Waals surface area (Å²) in [7, 11) is 0. The van der Waals surface area contributed by atoms with Gasteiger partial charge in [-0.15, -0.1) is 10.2 Å². The Morgan fingerprint density at radius 2 is 2.07 bits per heavy atom. The van der Waals surface area contributed by atoms with Gasteiger partial charge in [0.05, 0.1) is 17.2 Å². The van der Waals surface area contributed by atoms with E-state index in [2.05, 4.69) is 36.4 Å². The van der Waals surface area contributed by atoms with Crippen molar-refractivity contribution in [1.82, 2.24) is 19.7 Å². The fourth-order valence-corrected chi connectivity index (χ4v) is 3.69. The number of hydrogen-bond acceptors (Lipinski definition) is 6. The molecule has 0 aliphatic carbocycles. The van der Waals surface area contributed by atoms with Crippen LogP contribution in [0.2, 0.25) is 0 Å². The summed E-state index contributed by atoms with van der Waals surface area (Å²) in [5.74, 6) is -0.826. The Balaban J connectivity index is 1.52. The first kappa shape index (κ1) is 18.4. The fraction of sp³-hybridized carbons (Fsp3) is 0.0556. The predicted octanol–water partition coefficient (Wildman–Crippen LogP) is 3.46. The Labute approximate surface area is 170 Å². The number of hydrogen-bond donors (Lipinski definition) is 1. The molecule has 0 atom stereocenters. The van der Waals surface area contributed by atoms with Gasteiger partial charge in [-0.2, -0.15) is 0 Å². The van der Waals surface area contributed by atoms with E-state index in [0.717, 1.165) is 15.8 Å². The van der Waals surface area contributed by atoms with Gasteiger partial charge in [-0.3, -0.25) is 19.5 Å². The van der Waals surface area contributed by atoms with Crippen molar-refractivity contribution in [3.8, 4) is 10.6 Å². The van der Waals surface area contributed by atoms with E-state index in [1.54, 1.807) is 30.3 Å². The molecule has 28 heavy (non-hydrogen) atoms. The van der Waals surface area contributed by atoms with Crippen LogP contribution in [0.1, 0.15) is 0 Å². The van der Waals surface area contributed by atoms with Gasteiger partial charge in [0.15, 0.2) is 0 Å². The first-order valence-electron chi connectivity index (χ1n) is 8.03. The van der Waals surface area contributed by atoms with E-state index >= 15 is 0 Å². The number of rotatable bonds is 4. The van der Waals surface area contributed by atoms with Crippen molar-refractivity contribution >= 4 is 49.2 Å². The lowest BCUT2D eigenvalue weighted by Crippen LogP contribution is -2.27. The van der Waals surface area contributed by atoms with Gasteiger partial charge < -0.3 is 0 Å². The minimum Gasteiger partial charge on any atom is -0.299 e. The first-order chi connectivity index (χ1) is 13.5. The molecular formula is C18H11BrFN5O2S. The molecule has 0 aliphatic rings. The van der Waals surface area contributed by atoms with Crippen LogP contribution in [0.25, 0.3) is 21.5 Å². The average molecular weight is 460 g/mol. The van der Waals surface area contributed by atoms with Crippen LogP contribution in [-0.4, -0.2) is 25.7 Å². The van der Waals surface area contributed by atoms with Crippen molar-refractivity contribution in [2.24, 2.45) is 0 Å². The number of nitrogens with one attached hydrogen (secondary N) is 1. The minimum absolute atomic E-state index is 0.219. The molecule has 4 rings (SSSR count). The van der Waals surface area contributed by atoms with E-state index < -0.39 is 5.91 Å².